The molecule has 8 heteroatoms. The van der Waals surface area contributed by atoms with E-state index in [1.54, 1.807) is 12.4 Å². The van der Waals surface area contributed by atoms with E-state index in [4.69, 9.17) is 16.1 Å². The molecule has 1 aliphatic rings. The molecule has 0 unspecified atom stereocenters. The van der Waals surface area contributed by atoms with Gasteiger partial charge in [0.1, 0.15) is 0 Å². The molecule has 0 spiro atoms. The molecule has 128 valence electrons. The fourth-order valence-corrected chi connectivity index (χ4v) is 2.91. The Morgan fingerprint density at radius 3 is 2.44 bits per heavy atom. The van der Waals surface area contributed by atoms with Crippen LogP contribution in [0.4, 0.5) is 5.95 Å². The summed E-state index contributed by atoms with van der Waals surface area (Å²) in [6.45, 7) is 4.20. The highest BCUT2D eigenvalue weighted by molar-refractivity contribution is 6.30. The van der Waals surface area contributed by atoms with E-state index < -0.39 is 0 Å². The molecule has 1 saturated heterocycles. The molecule has 3 heterocycles. The summed E-state index contributed by atoms with van der Waals surface area (Å²) in [4.78, 5) is 17.6. The molecule has 0 atom stereocenters. The average Bonchev–Trinajstić information content (AvgIpc) is 3.12. The second kappa shape index (κ2) is 7.16. The smallest absolute Gasteiger partial charge is 0.241 e. The first-order chi connectivity index (χ1) is 12.3. The number of nitrogens with zero attached hydrogens (tertiary/aromatic N) is 6. The number of benzene rings is 1. The predicted molar refractivity (Wildman–Crippen MR) is 94.3 cm³/mol. The van der Waals surface area contributed by atoms with Crippen LogP contribution in [0.1, 0.15) is 5.89 Å². The van der Waals surface area contributed by atoms with Crippen molar-refractivity contribution in [2.45, 2.75) is 6.54 Å². The molecule has 3 aromatic rings. The van der Waals surface area contributed by atoms with E-state index in [0.29, 0.717) is 23.3 Å². The van der Waals surface area contributed by atoms with E-state index in [0.717, 1.165) is 37.7 Å². The molecule has 4 rings (SSSR count). The van der Waals surface area contributed by atoms with E-state index in [1.165, 1.54) is 0 Å². The molecule has 1 aliphatic heterocycles. The molecule has 1 fully saturated rings. The van der Waals surface area contributed by atoms with Crippen molar-refractivity contribution in [2.24, 2.45) is 0 Å². The van der Waals surface area contributed by atoms with Gasteiger partial charge in [0, 0.05) is 49.2 Å². The standard InChI is InChI=1S/C17H17ClN6O/c18-14-4-2-13(3-5-14)16-21-15(25-22-16)12-23-8-10-24(11-9-23)17-19-6-1-7-20-17/h1-7H,8-12H2. The van der Waals surface area contributed by atoms with Gasteiger partial charge >= 0.3 is 0 Å². The Bertz CT molecular complexity index is 815. The zero-order valence-corrected chi connectivity index (χ0v) is 14.3. The summed E-state index contributed by atoms with van der Waals surface area (Å²) in [5.41, 5.74) is 0.894. The van der Waals surface area contributed by atoms with E-state index in [2.05, 4.69) is 29.9 Å². The van der Waals surface area contributed by atoms with Crippen molar-refractivity contribution in [3.8, 4) is 11.4 Å². The van der Waals surface area contributed by atoms with Crippen molar-refractivity contribution < 1.29 is 4.52 Å². The summed E-state index contributed by atoms with van der Waals surface area (Å²) in [5, 5.41) is 4.75. The first-order valence-electron chi connectivity index (χ1n) is 8.11. The van der Waals surface area contributed by atoms with E-state index in [1.807, 2.05) is 30.3 Å². The molecule has 1 aromatic carbocycles. The van der Waals surface area contributed by atoms with Gasteiger partial charge in [0.05, 0.1) is 6.54 Å². The minimum absolute atomic E-state index is 0.586. The maximum Gasteiger partial charge on any atom is 0.241 e. The van der Waals surface area contributed by atoms with Crippen LogP contribution in [0, 0.1) is 0 Å². The molecular formula is C17H17ClN6O. The maximum atomic E-state index is 5.91. The molecule has 0 N–H and O–H groups in total. The molecule has 0 radical (unpaired) electrons. The van der Waals surface area contributed by atoms with E-state index in [-0.39, 0.29) is 0 Å². The van der Waals surface area contributed by atoms with Gasteiger partial charge in [-0.2, -0.15) is 4.98 Å². The van der Waals surface area contributed by atoms with Gasteiger partial charge in [0.2, 0.25) is 17.7 Å². The summed E-state index contributed by atoms with van der Waals surface area (Å²) in [5.74, 6) is 1.99. The second-order valence-corrected chi connectivity index (χ2v) is 6.27. The normalized spacial score (nSPS) is 15.5. The van der Waals surface area contributed by atoms with Crippen LogP contribution in [-0.4, -0.2) is 51.2 Å². The van der Waals surface area contributed by atoms with Crippen LogP contribution in [0.2, 0.25) is 5.02 Å². The van der Waals surface area contributed by atoms with Crippen LogP contribution < -0.4 is 4.90 Å². The Labute approximate surface area is 150 Å². The minimum atomic E-state index is 0.586. The lowest BCUT2D eigenvalue weighted by molar-refractivity contribution is 0.214. The van der Waals surface area contributed by atoms with Crippen molar-refractivity contribution >= 4 is 17.5 Å². The van der Waals surface area contributed by atoms with Gasteiger partial charge in [0.15, 0.2) is 0 Å². The first-order valence-corrected chi connectivity index (χ1v) is 8.48. The fourth-order valence-electron chi connectivity index (χ4n) is 2.79. The Balaban J connectivity index is 1.35. The van der Waals surface area contributed by atoms with Gasteiger partial charge in [-0.15, -0.1) is 0 Å². The predicted octanol–water partition coefficient (Wildman–Crippen LogP) is 2.50. The molecule has 0 saturated carbocycles. The van der Waals surface area contributed by atoms with Gasteiger partial charge in [-0.3, -0.25) is 4.90 Å². The molecule has 0 bridgehead atoms. The monoisotopic (exact) mass is 356 g/mol. The summed E-state index contributed by atoms with van der Waals surface area (Å²) in [6.07, 6.45) is 3.54. The van der Waals surface area contributed by atoms with Crippen molar-refractivity contribution in [1.29, 1.82) is 0 Å². The minimum Gasteiger partial charge on any atom is -0.338 e. The van der Waals surface area contributed by atoms with Crippen LogP contribution in [0.15, 0.2) is 47.2 Å². The van der Waals surface area contributed by atoms with Crippen molar-refractivity contribution in [2.75, 3.05) is 31.1 Å². The third-order valence-corrected chi connectivity index (χ3v) is 4.39. The van der Waals surface area contributed by atoms with Gasteiger partial charge in [-0.25, -0.2) is 9.97 Å². The number of hydrogen-bond acceptors (Lipinski definition) is 7. The Morgan fingerprint density at radius 2 is 1.72 bits per heavy atom. The molecule has 0 amide bonds. The number of hydrogen-bond donors (Lipinski definition) is 0. The van der Waals surface area contributed by atoms with E-state index >= 15 is 0 Å². The first kappa shape index (κ1) is 16.0. The lowest BCUT2D eigenvalue weighted by Gasteiger charge is -2.33. The summed E-state index contributed by atoms with van der Waals surface area (Å²) in [7, 11) is 0. The Morgan fingerprint density at radius 1 is 1.00 bits per heavy atom. The van der Waals surface area contributed by atoms with Gasteiger partial charge in [-0.1, -0.05) is 16.8 Å². The van der Waals surface area contributed by atoms with Crippen LogP contribution in [0.5, 0.6) is 0 Å². The van der Waals surface area contributed by atoms with Crippen LogP contribution in [-0.2, 0) is 6.54 Å². The van der Waals surface area contributed by atoms with E-state index in [9.17, 15) is 0 Å². The third-order valence-electron chi connectivity index (χ3n) is 4.14. The van der Waals surface area contributed by atoms with Crippen LogP contribution >= 0.6 is 11.6 Å². The molecule has 2 aromatic heterocycles. The lowest BCUT2D eigenvalue weighted by atomic mass is 10.2. The van der Waals surface area contributed by atoms with Crippen molar-refractivity contribution in [3.05, 3.63) is 53.6 Å². The Kier molecular flexibility index (Phi) is 4.58. The van der Waals surface area contributed by atoms with Gasteiger partial charge in [-0.05, 0) is 30.3 Å². The molecule has 25 heavy (non-hydrogen) atoms. The van der Waals surface area contributed by atoms with Crippen LogP contribution in [0.25, 0.3) is 11.4 Å². The van der Waals surface area contributed by atoms with Crippen LogP contribution in [0.3, 0.4) is 0 Å². The third kappa shape index (κ3) is 3.78. The number of halogens is 1. The zero-order valence-electron chi connectivity index (χ0n) is 13.5. The molecular weight excluding hydrogens is 340 g/mol. The Hall–Kier alpha value is -2.51. The number of piperazine rings is 1. The van der Waals surface area contributed by atoms with Crippen molar-refractivity contribution in [1.82, 2.24) is 25.0 Å². The average molecular weight is 357 g/mol. The largest absolute Gasteiger partial charge is 0.338 e. The SMILES string of the molecule is Clc1ccc(-c2noc(CN3CCN(c4ncccn4)CC3)n2)cc1. The number of rotatable bonds is 4. The highest BCUT2D eigenvalue weighted by atomic mass is 35.5. The second-order valence-electron chi connectivity index (χ2n) is 5.83. The highest BCUT2D eigenvalue weighted by Gasteiger charge is 2.20. The quantitative estimate of drug-likeness (QED) is 0.711. The molecule has 7 nitrogen and oxygen atoms in total. The van der Waals surface area contributed by atoms with Gasteiger partial charge in [0.25, 0.3) is 0 Å². The fraction of sp³-hybridized carbons (Fsp3) is 0.294. The number of aromatic nitrogens is 4. The van der Waals surface area contributed by atoms with Gasteiger partial charge < -0.3 is 9.42 Å². The summed E-state index contributed by atoms with van der Waals surface area (Å²) >= 11 is 5.91. The topological polar surface area (TPSA) is 71.2 Å². The summed E-state index contributed by atoms with van der Waals surface area (Å²) < 4.78 is 5.39. The molecule has 0 aliphatic carbocycles. The highest BCUT2D eigenvalue weighted by Crippen LogP contribution is 2.19. The van der Waals surface area contributed by atoms with Crippen molar-refractivity contribution in [3.63, 3.8) is 0 Å². The number of anilines is 1. The summed E-state index contributed by atoms with van der Waals surface area (Å²) in [6, 6.07) is 9.23. The lowest BCUT2D eigenvalue weighted by Crippen LogP contribution is -2.46. The zero-order chi connectivity index (χ0) is 17.1. The maximum absolute atomic E-state index is 5.91.